The van der Waals surface area contributed by atoms with Crippen molar-refractivity contribution < 1.29 is 23.9 Å². The Morgan fingerprint density at radius 3 is 2.63 bits per heavy atom. The normalized spacial score (nSPS) is 23.2. The van der Waals surface area contributed by atoms with E-state index in [-0.39, 0.29) is 36.4 Å². The molecule has 218 valence electrons. The lowest BCUT2D eigenvalue weighted by Crippen LogP contribution is -2.51. The molecule has 0 saturated carbocycles. The van der Waals surface area contributed by atoms with Crippen molar-refractivity contribution >= 4 is 29.5 Å². The second kappa shape index (κ2) is 12.6. The molecule has 2 fully saturated rings. The van der Waals surface area contributed by atoms with Gasteiger partial charge in [-0.25, -0.2) is 4.79 Å². The zero-order valence-corrected chi connectivity index (χ0v) is 24.5. The first-order valence-electron chi connectivity index (χ1n) is 14.0. The predicted molar refractivity (Wildman–Crippen MR) is 156 cm³/mol. The van der Waals surface area contributed by atoms with E-state index in [0.717, 1.165) is 30.6 Å². The SMILES string of the molecule is CN(C)C(=O)c1cccc(C2C=CC(C(CN3CCOCC3)N(C)C(=O)CN3C(=O)OC4=CC=C(Cl)CC43)=CC2)c1. The van der Waals surface area contributed by atoms with Crippen LogP contribution < -0.4 is 0 Å². The van der Waals surface area contributed by atoms with Gasteiger partial charge in [0, 0.05) is 63.7 Å². The molecule has 2 aliphatic carbocycles. The number of morpholine rings is 1. The van der Waals surface area contributed by atoms with Gasteiger partial charge in [-0.3, -0.25) is 19.4 Å². The van der Waals surface area contributed by atoms with Crippen LogP contribution in [0, 0.1) is 0 Å². The first kappa shape index (κ1) is 29.1. The summed E-state index contributed by atoms with van der Waals surface area (Å²) >= 11 is 6.23. The van der Waals surface area contributed by atoms with Crippen molar-refractivity contribution in [1.82, 2.24) is 19.6 Å². The fourth-order valence-electron chi connectivity index (χ4n) is 5.67. The molecule has 4 aliphatic rings. The first-order valence-corrected chi connectivity index (χ1v) is 14.4. The third kappa shape index (κ3) is 6.58. The van der Waals surface area contributed by atoms with Crippen molar-refractivity contribution in [2.24, 2.45) is 0 Å². The summed E-state index contributed by atoms with van der Waals surface area (Å²) in [4.78, 5) is 45.9. The quantitative estimate of drug-likeness (QED) is 0.466. The molecule has 3 amide bonds. The van der Waals surface area contributed by atoms with E-state index in [2.05, 4.69) is 23.1 Å². The van der Waals surface area contributed by atoms with Crippen LogP contribution in [0.4, 0.5) is 4.79 Å². The monoisotopic (exact) mass is 580 g/mol. The van der Waals surface area contributed by atoms with Gasteiger partial charge in [-0.1, -0.05) is 42.0 Å². The molecule has 9 nitrogen and oxygen atoms in total. The van der Waals surface area contributed by atoms with Gasteiger partial charge in [0.05, 0.1) is 25.3 Å². The molecule has 10 heteroatoms. The highest BCUT2D eigenvalue weighted by Crippen LogP contribution is 2.33. The van der Waals surface area contributed by atoms with Crippen LogP contribution in [0.2, 0.25) is 0 Å². The molecule has 0 radical (unpaired) electrons. The summed E-state index contributed by atoms with van der Waals surface area (Å²) in [6.45, 7) is 3.48. The minimum atomic E-state index is -0.526. The van der Waals surface area contributed by atoms with Gasteiger partial charge in [0.15, 0.2) is 0 Å². The predicted octanol–water partition coefficient (Wildman–Crippen LogP) is 3.75. The molecule has 0 spiro atoms. The maximum Gasteiger partial charge on any atom is 0.416 e. The van der Waals surface area contributed by atoms with Gasteiger partial charge < -0.3 is 19.3 Å². The van der Waals surface area contributed by atoms with E-state index in [9.17, 15) is 14.4 Å². The maximum atomic E-state index is 13.6. The number of nitrogens with zero attached hydrogens (tertiary/aromatic N) is 4. The highest BCUT2D eigenvalue weighted by atomic mass is 35.5. The Labute approximate surface area is 246 Å². The van der Waals surface area contributed by atoms with Gasteiger partial charge in [0.2, 0.25) is 5.91 Å². The lowest BCUT2D eigenvalue weighted by molar-refractivity contribution is -0.132. The van der Waals surface area contributed by atoms with Gasteiger partial charge in [0.25, 0.3) is 5.91 Å². The molecule has 41 heavy (non-hydrogen) atoms. The van der Waals surface area contributed by atoms with Crippen LogP contribution in [-0.4, -0.2) is 110 Å². The standard InChI is InChI=1S/C31H37ClN4O5/c1-33(2)30(38)24-6-4-5-23(17-24)21-7-9-22(10-8-21)27(19-35-13-15-40-16-14-35)34(3)29(37)20-36-26-18-25(32)11-12-28(26)41-31(36)39/h4-7,9-12,17,21,26-27H,8,13-16,18-20H2,1-3H3. The average Bonchev–Trinajstić information content (AvgIpc) is 3.29. The number of ether oxygens (including phenoxy) is 2. The number of amides is 3. The molecule has 2 saturated heterocycles. The average molecular weight is 581 g/mol. The molecule has 1 aromatic carbocycles. The van der Waals surface area contributed by atoms with Crippen molar-refractivity contribution in [3.05, 3.63) is 82.1 Å². The van der Waals surface area contributed by atoms with Crippen LogP contribution >= 0.6 is 11.6 Å². The van der Waals surface area contributed by atoms with E-state index in [1.54, 1.807) is 43.1 Å². The van der Waals surface area contributed by atoms with Crippen LogP contribution in [0.5, 0.6) is 0 Å². The number of halogens is 1. The summed E-state index contributed by atoms with van der Waals surface area (Å²) < 4.78 is 10.9. The fraction of sp³-hybridized carbons (Fsp3) is 0.452. The zero-order chi connectivity index (χ0) is 29.1. The fourth-order valence-corrected chi connectivity index (χ4v) is 5.88. The lowest BCUT2D eigenvalue weighted by atomic mass is 9.87. The molecule has 5 rings (SSSR count). The highest BCUT2D eigenvalue weighted by Gasteiger charge is 2.41. The number of likely N-dealkylation sites (N-methyl/N-ethyl adjacent to an activating group) is 1. The Kier molecular flexibility index (Phi) is 8.97. The van der Waals surface area contributed by atoms with E-state index >= 15 is 0 Å². The number of hydrogen-bond acceptors (Lipinski definition) is 6. The van der Waals surface area contributed by atoms with Crippen LogP contribution in [0.1, 0.15) is 34.7 Å². The van der Waals surface area contributed by atoms with Gasteiger partial charge in [-0.05, 0) is 41.8 Å². The Morgan fingerprint density at radius 1 is 1.15 bits per heavy atom. The van der Waals surface area contributed by atoms with E-state index in [1.807, 2.05) is 24.3 Å². The topological polar surface area (TPSA) is 82.6 Å². The molecule has 3 unspecified atom stereocenters. The summed E-state index contributed by atoms with van der Waals surface area (Å²) in [6.07, 6.45) is 10.5. The summed E-state index contributed by atoms with van der Waals surface area (Å²) in [5.74, 6) is 0.468. The lowest BCUT2D eigenvalue weighted by Gasteiger charge is -2.37. The molecule has 2 aliphatic heterocycles. The second-order valence-corrected chi connectivity index (χ2v) is 11.5. The van der Waals surface area contributed by atoms with Gasteiger partial charge in [0.1, 0.15) is 12.3 Å². The largest absolute Gasteiger partial charge is 0.416 e. The third-order valence-corrected chi connectivity index (χ3v) is 8.42. The van der Waals surface area contributed by atoms with E-state index in [4.69, 9.17) is 21.1 Å². The first-order chi connectivity index (χ1) is 19.7. The summed E-state index contributed by atoms with van der Waals surface area (Å²) in [6, 6.07) is 7.20. The Balaban J connectivity index is 1.31. The van der Waals surface area contributed by atoms with E-state index < -0.39 is 6.09 Å². The van der Waals surface area contributed by atoms with Crippen molar-refractivity contribution in [2.45, 2.75) is 30.8 Å². The molecule has 3 atom stereocenters. The summed E-state index contributed by atoms with van der Waals surface area (Å²) in [5, 5.41) is 0.622. The number of carbonyl (C=O) groups is 3. The minimum Gasteiger partial charge on any atom is -0.412 e. The molecular weight excluding hydrogens is 544 g/mol. The highest BCUT2D eigenvalue weighted by molar-refractivity contribution is 6.29. The van der Waals surface area contributed by atoms with Crippen molar-refractivity contribution in [3.63, 3.8) is 0 Å². The van der Waals surface area contributed by atoms with Crippen LogP contribution in [0.15, 0.2) is 71.0 Å². The summed E-state index contributed by atoms with van der Waals surface area (Å²) in [7, 11) is 5.30. The molecule has 0 aromatic heterocycles. The second-order valence-electron chi connectivity index (χ2n) is 11.1. The van der Waals surface area contributed by atoms with Crippen molar-refractivity contribution in [2.75, 3.05) is 60.5 Å². The van der Waals surface area contributed by atoms with Crippen LogP contribution in [-0.2, 0) is 14.3 Å². The number of carbonyl (C=O) groups excluding carboxylic acids is 3. The maximum absolute atomic E-state index is 13.6. The third-order valence-electron chi connectivity index (χ3n) is 8.14. The number of allylic oxidation sites excluding steroid dienone is 4. The Morgan fingerprint density at radius 2 is 1.93 bits per heavy atom. The number of fused-ring (bicyclic) bond motifs is 1. The number of benzene rings is 1. The summed E-state index contributed by atoms with van der Waals surface area (Å²) in [5.41, 5.74) is 2.80. The van der Waals surface area contributed by atoms with Crippen molar-refractivity contribution in [3.8, 4) is 0 Å². The van der Waals surface area contributed by atoms with E-state index in [0.29, 0.717) is 42.5 Å². The zero-order valence-electron chi connectivity index (χ0n) is 23.8. The molecular formula is C31H37ClN4O5. The Hall–Kier alpha value is -3.40. The minimum absolute atomic E-state index is 0.0235. The molecule has 0 bridgehead atoms. The van der Waals surface area contributed by atoms with Crippen LogP contribution in [0.25, 0.3) is 0 Å². The van der Waals surface area contributed by atoms with Crippen molar-refractivity contribution in [1.29, 1.82) is 0 Å². The number of rotatable bonds is 8. The van der Waals surface area contributed by atoms with E-state index in [1.165, 1.54) is 4.90 Å². The van der Waals surface area contributed by atoms with Gasteiger partial charge >= 0.3 is 6.09 Å². The molecule has 0 N–H and O–H groups in total. The smallest absolute Gasteiger partial charge is 0.412 e. The Bertz CT molecular complexity index is 1310. The number of hydrogen-bond donors (Lipinski definition) is 0. The van der Waals surface area contributed by atoms with Gasteiger partial charge in [-0.2, -0.15) is 0 Å². The van der Waals surface area contributed by atoms with Crippen LogP contribution in [0.3, 0.4) is 0 Å². The molecule has 2 heterocycles. The van der Waals surface area contributed by atoms with Gasteiger partial charge in [-0.15, -0.1) is 0 Å². The molecule has 1 aromatic rings.